The van der Waals surface area contributed by atoms with Gasteiger partial charge in [0.15, 0.2) is 0 Å². The Morgan fingerprint density at radius 1 is 0.594 bits per heavy atom. The molecular formula is C31H49F. The van der Waals surface area contributed by atoms with E-state index in [-0.39, 0.29) is 6.67 Å². The molecular weight excluding hydrogens is 391 g/mol. The van der Waals surface area contributed by atoms with E-state index in [0.29, 0.717) is 0 Å². The quantitative estimate of drug-likeness (QED) is 0.359. The lowest BCUT2D eigenvalue weighted by Crippen LogP contribution is -2.29. The van der Waals surface area contributed by atoms with Gasteiger partial charge in [-0.15, -0.1) is 0 Å². The zero-order valence-electron chi connectivity index (χ0n) is 20.9. The maximum absolute atomic E-state index is 12.5. The first-order valence-electron chi connectivity index (χ1n) is 14.4. The molecule has 4 rings (SSSR count). The fourth-order valence-corrected chi connectivity index (χ4v) is 7.66. The first-order valence-corrected chi connectivity index (χ1v) is 14.4. The summed E-state index contributed by atoms with van der Waals surface area (Å²) < 4.78 is 12.5. The smallest absolute Gasteiger partial charge is 0.0894 e. The molecule has 0 aromatic heterocycles. The summed E-state index contributed by atoms with van der Waals surface area (Å²) in [5, 5.41) is 0. The van der Waals surface area contributed by atoms with Crippen molar-refractivity contribution in [1.29, 1.82) is 0 Å². The molecule has 1 heteroatoms. The van der Waals surface area contributed by atoms with Crippen molar-refractivity contribution in [1.82, 2.24) is 0 Å². The van der Waals surface area contributed by atoms with E-state index >= 15 is 0 Å². The lowest BCUT2D eigenvalue weighted by molar-refractivity contribution is 0.102. The Labute approximate surface area is 198 Å². The molecule has 32 heavy (non-hydrogen) atoms. The van der Waals surface area contributed by atoms with Gasteiger partial charge in [0.1, 0.15) is 0 Å². The largest absolute Gasteiger partial charge is 0.251 e. The van der Waals surface area contributed by atoms with Crippen molar-refractivity contribution < 1.29 is 4.39 Å². The van der Waals surface area contributed by atoms with Gasteiger partial charge in [-0.25, -0.2) is 0 Å². The highest BCUT2D eigenvalue weighted by atomic mass is 19.1. The molecule has 0 bridgehead atoms. The molecule has 0 saturated heterocycles. The molecule has 0 N–H and O–H groups in total. The second-order valence-electron chi connectivity index (χ2n) is 11.8. The molecule has 0 unspecified atom stereocenters. The van der Waals surface area contributed by atoms with E-state index in [1.165, 1.54) is 95.5 Å². The average Bonchev–Trinajstić information content (AvgIpc) is 2.87. The molecule has 0 spiro atoms. The van der Waals surface area contributed by atoms with E-state index in [4.69, 9.17) is 0 Å². The minimum absolute atomic E-state index is 0.112. The van der Waals surface area contributed by atoms with Crippen LogP contribution in [0.3, 0.4) is 0 Å². The van der Waals surface area contributed by atoms with Crippen LogP contribution in [-0.2, 0) is 12.8 Å². The SMILES string of the molecule is CCc1ccc(CCC2CCC(C3CCC([C@H]4CC[C@H](CCCF)CC4)CC3)CC2)cc1. The molecule has 1 aromatic carbocycles. The van der Waals surface area contributed by atoms with E-state index in [2.05, 4.69) is 31.2 Å². The third kappa shape index (κ3) is 6.83. The molecule has 1 aromatic rings. The molecule has 0 amide bonds. The van der Waals surface area contributed by atoms with Crippen LogP contribution in [0.15, 0.2) is 24.3 Å². The Morgan fingerprint density at radius 3 is 1.44 bits per heavy atom. The second kappa shape index (κ2) is 12.6. The van der Waals surface area contributed by atoms with Crippen LogP contribution in [0.25, 0.3) is 0 Å². The molecule has 3 aliphatic rings. The normalized spacial score (nSPS) is 33.8. The summed E-state index contributed by atoms with van der Waals surface area (Å²) in [6.07, 6.45) is 23.5. The fraction of sp³-hybridized carbons (Fsp3) is 0.806. The summed E-state index contributed by atoms with van der Waals surface area (Å²) >= 11 is 0. The van der Waals surface area contributed by atoms with E-state index in [9.17, 15) is 4.39 Å². The number of aryl methyl sites for hydroxylation is 2. The minimum Gasteiger partial charge on any atom is -0.251 e. The standard InChI is InChI=1S/C31H49F/c1-2-24-5-7-26(8-6-24)9-10-27-13-17-29(18-14-27)31-21-19-30(20-22-31)28-15-11-25(12-16-28)4-3-23-32/h5-8,25,27-31H,2-4,9-23H2,1H3/t25-,27?,28-,29?,30?,31?. The Balaban J connectivity index is 1.11. The number of rotatable bonds is 9. The van der Waals surface area contributed by atoms with Crippen LogP contribution in [0.5, 0.6) is 0 Å². The van der Waals surface area contributed by atoms with Gasteiger partial charge in [0, 0.05) is 0 Å². The van der Waals surface area contributed by atoms with Gasteiger partial charge in [-0.05, 0) is 130 Å². The topological polar surface area (TPSA) is 0 Å². The zero-order chi connectivity index (χ0) is 22.2. The van der Waals surface area contributed by atoms with Crippen LogP contribution in [0.4, 0.5) is 4.39 Å². The van der Waals surface area contributed by atoms with E-state index in [1.807, 2.05) is 0 Å². The molecule has 3 aliphatic carbocycles. The van der Waals surface area contributed by atoms with Gasteiger partial charge in [-0.2, -0.15) is 0 Å². The zero-order valence-corrected chi connectivity index (χ0v) is 20.9. The van der Waals surface area contributed by atoms with Gasteiger partial charge < -0.3 is 0 Å². The molecule has 0 atom stereocenters. The summed E-state index contributed by atoms with van der Waals surface area (Å²) in [5.41, 5.74) is 3.00. The highest BCUT2D eigenvalue weighted by Crippen LogP contribution is 2.46. The van der Waals surface area contributed by atoms with Gasteiger partial charge in [0.25, 0.3) is 0 Å². The predicted octanol–water partition coefficient (Wildman–Crippen LogP) is 9.35. The Hall–Kier alpha value is -0.850. The molecule has 0 radical (unpaired) electrons. The summed E-state index contributed by atoms with van der Waals surface area (Å²) in [5.74, 6) is 5.90. The molecule has 0 aliphatic heterocycles. The van der Waals surface area contributed by atoms with Crippen molar-refractivity contribution in [3.63, 3.8) is 0 Å². The predicted molar refractivity (Wildman–Crippen MR) is 136 cm³/mol. The van der Waals surface area contributed by atoms with Crippen molar-refractivity contribution in [3.8, 4) is 0 Å². The van der Waals surface area contributed by atoms with Crippen LogP contribution in [0, 0.1) is 35.5 Å². The maximum Gasteiger partial charge on any atom is 0.0894 e. The van der Waals surface area contributed by atoms with Crippen LogP contribution in [0.1, 0.15) is 114 Å². The van der Waals surface area contributed by atoms with Crippen LogP contribution < -0.4 is 0 Å². The number of alkyl halides is 1. The minimum atomic E-state index is -0.112. The van der Waals surface area contributed by atoms with Gasteiger partial charge in [-0.1, -0.05) is 56.9 Å². The lowest BCUT2D eigenvalue weighted by atomic mass is 9.64. The van der Waals surface area contributed by atoms with Crippen molar-refractivity contribution in [2.45, 2.75) is 116 Å². The van der Waals surface area contributed by atoms with E-state index in [0.717, 1.165) is 54.8 Å². The van der Waals surface area contributed by atoms with Gasteiger partial charge in [-0.3, -0.25) is 4.39 Å². The second-order valence-corrected chi connectivity index (χ2v) is 11.8. The first kappa shape index (κ1) is 24.3. The highest BCUT2D eigenvalue weighted by Gasteiger charge is 2.34. The Kier molecular flexibility index (Phi) is 9.54. The van der Waals surface area contributed by atoms with E-state index < -0.39 is 0 Å². The third-order valence-electron chi connectivity index (χ3n) is 9.95. The van der Waals surface area contributed by atoms with Gasteiger partial charge in [0.2, 0.25) is 0 Å². The molecule has 0 heterocycles. The number of benzene rings is 1. The summed E-state index contributed by atoms with van der Waals surface area (Å²) in [6.45, 7) is 2.13. The Morgan fingerprint density at radius 2 is 1.00 bits per heavy atom. The van der Waals surface area contributed by atoms with Crippen molar-refractivity contribution in [2.75, 3.05) is 6.67 Å². The summed E-state index contributed by atoms with van der Waals surface area (Å²) in [6, 6.07) is 9.36. The maximum atomic E-state index is 12.5. The van der Waals surface area contributed by atoms with Crippen molar-refractivity contribution >= 4 is 0 Å². The first-order chi connectivity index (χ1) is 15.7. The van der Waals surface area contributed by atoms with Crippen LogP contribution in [0.2, 0.25) is 0 Å². The average molecular weight is 441 g/mol. The van der Waals surface area contributed by atoms with Gasteiger partial charge in [0.05, 0.1) is 6.67 Å². The molecule has 3 saturated carbocycles. The lowest BCUT2D eigenvalue weighted by Gasteiger charge is -2.41. The monoisotopic (exact) mass is 440 g/mol. The Bertz CT molecular complexity index is 625. The van der Waals surface area contributed by atoms with E-state index in [1.54, 1.807) is 5.56 Å². The molecule has 180 valence electrons. The summed E-state index contributed by atoms with van der Waals surface area (Å²) in [4.78, 5) is 0. The van der Waals surface area contributed by atoms with Crippen molar-refractivity contribution in [3.05, 3.63) is 35.4 Å². The van der Waals surface area contributed by atoms with Gasteiger partial charge >= 0.3 is 0 Å². The fourth-order valence-electron chi connectivity index (χ4n) is 7.66. The number of halogens is 1. The number of hydrogen-bond donors (Lipinski definition) is 0. The summed E-state index contributed by atoms with van der Waals surface area (Å²) in [7, 11) is 0. The van der Waals surface area contributed by atoms with Crippen LogP contribution >= 0.6 is 0 Å². The molecule has 3 fully saturated rings. The molecule has 0 nitrogen and oxygen atoms in total. The van der Waals surface area contributed by atoms with Crippen molar-refractivity contribution in [2.24, 2.45) is 35.5 Å². The third-order valence-corrected chi connectivity index (χ3v) is 9.95. The highest BCUT2D eigenvalue weighted by molar-refractivity contribution is 5.22. The van der Waals surface area contributed by atoms with Crippen LogP contribution in [-0.4, -0.2) is 6.67 Å². The number of hydrogen-bond acceptors (Lipinski definition) is 0.